The van der Waals surface area contributed by atoms with Gasteiger partial charge < -0.3 is 9.47 Å². The van der Waals surface area contributed by atoms with Gasteiger partial charge in [-0.15, -0.1) is 0 Å². The molecule has 0 unspecified atom stereocenters. The zero-order valence-electron chi connectivity index (χ0n) is 14.9. The van der Waals surface area contributed by atoms with Gasteiger partial charge in [-0.25, -0.2) is 0 Å². The predicted molar refractivity (Wildman–Crippen MR) is 84.8 cm³/mol. The van der Waals surface area contributed by atoms with Crippen LogP contribution in [0.1, 0.15) is 53.4 Å². The second-order valence-corrected chi connectivity index (χ2v) is 9.12. The molecule has 132 valence electrons. The lowest BCUT2D eigenvalue weighted by molar-refractivity contribution is -0.158. The van der Waals surface area contributed by atoms with Crippen molar-refractivity contribution in [1.29, 1.82) is 0 Å². The fourth-order valence-corrected chi connectivity index (χ4v) is 7.02. The molecular formula is C19H26O5. The quantitative estimate of drug-likeness (QED) is 0.573. The highest BCUT2D eigenvalue weighted by Gasteiger charge is 2.96. The summed E-state index contributed by atoms with van der Waals surface area (Å²) in [6.45, 7) is 8.96. The fraction of sp³-hybridized carbons (Fsp3) is 0.842. The highest BCUT2D eigenvalue weighted by molar-refractivity contribution is 6.12. The molecule has 0 N–H and O–H groups in total. The fourth-order valence-electron chi connectivity index (χ4n) is 7.02. The minimum absolute atomic E-state index is 0.00217. The van der Waals surface area contributed by atoms with Crippen molar-refractivity contribution in [3.8, 4) is 0 Å². The van der Waals surface area contributed by atoms with Crippen LogP contribution in [0.2, 0.25) is 0 Å². The number of Topliss-reactive ketones (excluding diaryl/α,β-unsaturated/α-hetero) is 1. The lowest BCUT2D eigenvalue weighted by Gasteiger charge is -2.45. The highest BCUT2D eigenvalue weighted by Crippen LogP contribution is 2.91. The zero-order valence-corrected chi connectivity index (χ0v) is 14.9. The van der Waals surface area contributed by atoms with Crippen molar-refractivity contribution >= 4 is 17.7 Å². The van der Waals surface area contributed by atoms with Crippen LogP contribution in [0.4, 0.5) is 0 Å². The second kappa shape index (κ2) is 4.41. The number of rotatable bonds is 2. The Bertz CT molecular complexity index is 647. The molecule has 4 fully saturated rings. The summed E-state index contributed by atoms with van der Waals surface area (Å²) in [4.78, 5) is 37.7. The molecule has 4 aliphatic rings. The number of ether oxygens (including phenoxy) is 2. The Morgan fingerprint density at radius 1 is 1.33 bits per heavy atom. The van der Waals surface area contributed by atoms with Gasteiger partial charge in [0.15, 0.2) is 5.78 Å². The summed E-state index contributed by atoms with van der Waals surface area (Å²) in [6, 6.07) is 0. The number of cyclic esters (lactones) is 1. The number of esters is 2. The first-order valence-electron chi connectivity index (χ1n) is 9.04. The maximum Gasteiger partial charge on any atom is 0.320 e. The molecule has 3 saturated carbocycles. The molecule has 0 aromatic rings. The molecule has 0 amide bonds. The Labute approximate surface area is 142 Å². The van der Waals surface area contributed by atoms with Gasteiger partial charge in [0.05, 0.1) is 19.6 Å². The van der Waals surface area contributed by atoms with Crippen LogP contribution in [0, 0.1) is 33.5 Å². The number of fused-ring (bicyclic) bond motifs is 1. The topological polar surface area (TPSA) is 69.7 Å². The monoisotopic (exact) mass is 334 g/mol. The van der Waals surface area contributed by atoms with Crippen molar-refractivity contribution in [3.05, 3.63) is 0 Å². The van der Waals surface area contributed by atoms with Crippen LogP contribution < -0.4 is 0 Å². The lowest BCUT2D eigenvalue weighted by atomic mass is 9.56. The van der Waals surface area contributed by atoms with Crippen molar-refractivity contribution in [2.24, 2.45) is 33.5 Å². The molecule has 1 saturated heterocycles. The van der Waals surface area contributed by atoms with Crippen molar-refractivity contribution in [3.63, 3.8) is 0 Å². The first-order valence-corrected chi connectivity index (χ1v) is 9.04. The van der Waals surface area contributed by atoms with E-state index in [-0.39, 0.29) is 41.6 Å². The number of carbonyl (C=O) groups excluding carboxylic acids is 3. The van der Waals surface area contributed by atoms with Crippen LogP contribution in [0.15, 0.2) is 0 Å². The van der Waals surface area contributed by atoms with E-state index in [1.165, 1.54) is 0 Å². The number of ketones is 1. The molecule has 5 nitrogen and oxygen atoms in total. The smallest absolute Gasteiger partial charge is 0.320 e. The number of hydrogen-bond acceptors (Lipinski definition) is 5. The lowest BCUT2D eigenvalue weighted by Crippen LogP contribution is -2.47. The summed E-state index contributed by atoms with van der Waals surface area (Å²) in [5.41, 5.74) is -1.82. The molecule has 0 aromatic carbocycles. The van der Waals surface area contributed by atoms with Crippen molar-refractivity contribution in [2.75, 3.05) is 13.2 Å². The number of hydrogen-bond donors (Lipinski definition) is 0. The third-order valence-electron chi connectivity index (χ3n) is 7.54. The highest BCUT2D eigenvalue weighted by atomic mass is 16.5. The molecule has 4 rings (SSSR count). The van der Waals surface area contributed by atoms with Crippen LogP contribution in [0.25, 0.3) is 0 Å². The third kappa shape index (κ3) is 1.42. The molecule has 1 aliphatic heterocycles. The van der Waals surface area contributed by atoms with Gasteiger partial charge in [0.2, 0.25) is 0 Å². The van der Waals surface area contributed by atoms with E-state index in [9.17, 15) is 14.4 Å². The van der Waals surface area contributed by atoms with E-state index in [1.54, 1.807) is 6.92 Å². The summed E-state index contributed by atoms with van der Waals surface area (Å²) in [7, 11) is 0. The van der Waals surface area contributed by atoms with Crippen LogP contribution in [0.5, 0.6) is 0 Å². The first kappa shape index (κ1) is 16.1. The van der Waals surface area contributed by atoms with Crippen LogP contribution in [-0.4, -0.2) is 30.9 Å². The molecule has 1 heterocycles. The SMILES string of the molecule is CCOC(=O)[C@]12C(=O)CC[C@]13[C@H]2C[C@@H](C(C)(C)C)[C@]31COC(=O)C1. The average Bonchev–Trinajstić information content (AvgIpc) is 2.77. The van der Waals surface area contributed by atoms with E-state index in [0.717, 1.165) is 6.42 Å². The van der Waals surface area contributed by atoms with Gasteiger partial charge in [-0.3, -0.25) is 14.4 Å². The summed E-state index contributed by atoms with van der Waals surface area (Å²) < 4.78 is 10.8. The van der Waals surface area contributed by atoms with E-state index in [2.05, 4.69) is 20.8 Å². The van der Waals surface area contributed by atoms with E-state index in [0.29, 0.717) is 25.9 Å². The summed E-state index contributed by atoms with van der Waals surface area (Å²) in [5.74, 6) is -0.233. The first-order chi connectivity index (χ1) is 11.2. The maximum atomic E-state index is 12.8. The van der Waals surface area contributed by atoms with E-state index in [4.69, 9.17) is 9.47 Å². The normalized spacial score (nSPS) is 46.0. The Morgan fingerprint density at radius 2 is 2.04 bits per heavy atom. The standard InChI is InChI=1S/C19H26O5/c1-5-23-15(22)19-12-8-11(16(2,3)4)17(9-14(21)24-10-17)18(12,19)7-6-13(19)20/h11-12H,5-10H2,1-4H3/t11-,12+,17-,18+,19-/m0/s1. The molecule has 0 aromatic heterocycles. The Morgan fingerprint density at radius 3 is 2.58 bits per heavy atom. The molecule has 24 heavy (non-hydrogen) atoms. The number of carbonyl (C=O) groups is 3. The van der Waals surface area contributed by atoms with Gasteiger partial charge >= 0.3 is 11.9 Å². The van der Waals surface area contributed by atoms with Gasteiger partial charge in [-0.2, -0.15) is 0 Å². The molecular weight excluding hydrogens is 308 g/mol. The predicted octanol–water partition coefficient (Wildman–Crippen LogP) is 2.51. The Kier molecular flexibility index (Phi) is 2.96. The third-order valence-corrected chi connectivity index (χ3v) is 7.54. The summed E-state index contributed by atoms with van der Waals surface area (Å²) in [5, 5.41) is 0. The largest absolute Gasteiger partial charge is 0.465 e. The van der Waals surface area contributed by atoms with Gasteiger partial charge in [0, 0.05) is 17.3 Å². The molecule has 0 radical (unpaired) electrons. The van der Waals surface area contributed by atoms with Gasteiger partial charge in [0.25, 0.3) is 0 Å². The van der Waals surface area contributed by atoms with E-state index in [1.807, 2.05) is 0 Å². The van der Waals surface area contributed by atoms with Gasteiger partial charge in [-0.1, -0.05) is 20.8 Å². The van der Waals surface area contributed by atoms with E-state index < -0.39 is 16.2 Å². The van der Waals surface area contributed by atoms with Crippen molar-refractivity contribution in [1.82, 2.24) is 0 Å². The van der Waals surface area contributed by atoms with E-state index >= 15 is 0 Å². The molecule has 0 bridgehead atoms. The van der Waals surface area contributed by atoms with Crippen molar-refractivity contribution < 1.29 is 23.9 Å². The van der Waals surface area contributed by atoms with Crippen molar-refractivity contribution in [2.45, 2.75) is 53.4 Å². The Balaban J connectivity index is 1.85. The summed E-state index contributed by atoms with van der Waals surface area (Å²) in [6.07, 6.45) is 2.26. The maximum absolute atomic E-state index is 12.8. The van der Waals surface area contributed by atoms with Gasteiger partial charge in [-0.05, 0) is 37.0 Å². The minimum atomic E-state index is -1.00. The van der Waals surface area contributed by atoms with Crippen LogP contribution >= 0.6 is 0 Å². The molecule has 2 spiro atoms. The van der Waals surface area contributed by atoms with Crippen LogP contribution in [0.3, 0.4) is 0 Å². The van der Waals surface area contributed by atoms with Gasteiger partial charge in [0.1, 0.15) is 5.41 Å². The van der Waals surface area contributed by atoms with Crippen LogP contribution in [-0.2, 0) is 23.9 Å². The zero-order chi connectivity index (χ0) is 17.5. The molecule has 5 atom stereocenters. The molecule has 5 heteroatoms. The summed E-state index contributed by atoms with van der Waals surface area (Å²) >= 11 is 0. The minimum Gasteiger partial charge on any atom is -0.465 e. The molecule has 3 aliphatic carbocycles. The Hall–Kier alpha value is -1.39. The second-order valence-electron chi connectivity index (χ2n) is 9.12. The average molecular weight is 334 g/mol.